The number of hydrogen-bond acceptors (Lipinski definition) is 3. The van der Waals surface area contributed by atoms with Crippen LogP contribution in [-0.2, 0) is 14.8 Å². The fourth-order valence-corrected chi connectivity index (χ4v) is 4.62. The van der Waals surface area contributed by atoms with Crippen molar-refractivity contribution < 1.29 is 13.2 Å². The van der Waals surface area contributed by atoms with E-state index in [1.54, 1.807) is 43.3 Å². The van der Waals surface area contributed by atoms with E-state index in [0.717, 1.165) is 12.8 Å². The molecule has 0 aromatic heterocycles. The standard InChI is InChI=1S/C20H21ClN2O3S/c1-14-10-11-16(22-20(24)12-15-6-2-3-7-15)13-19(14)27(25,26)23-18-9-5-4-8-17(18)21/h2,4-6,8-11,13,15,23H,3,7,12H2,1H3,(H,22,24)/t15-/m0/s1. The number of sulfonamides is 1. The predicted molar refractivity (Wildman–Crippen MR) is 109 cm³/mol. The van der Waals surface area contributed by atoms with Crippen molar-refractivity contribution in [3.63, 3.8) is 0 Å². The molecule has 2 aromatic carbocycles. The first kappa shape index (κ1) is 19.5. The molecule has 0 radical (unpaired) electrons. The van der Waals surface area contributed by atoms with Gasteiger partial charge in [0.2, 0.25) is 5.91 Å². The zero-order chi connectivity index (χ0) is 19.4. The Balaban J connectivity index is 1.79. The zero-order valence-electron chi connectivity index (χ0n) is 14.9. The molecule has 0 saturated heterocycles. The molecule has 2 N–H and O–H groups in total. The summed E-state index contributed by atoms with van der Waals surface area (Å²) in [7, 11) is -3.84. The molecule has 5 nitrogen and oxygen atoms in total. The first-order chi connectivity index (χ1) is 12.8. The van der Waals surface area contributed by atoms with Crippen molar-refractivity contribution in [3.05, 3.63) is 65.2 Å². The van der Waals surface area contributed by atoms with Gasteiger partial charge in [0.25, 0.3) is 10.0 Å². The average Bonchev–Trinajstić information content (AvgIpc) is 3.11. The molecular weight excluding hydrogens is 384 g/mol. The number of rotatable bonds is 6. The smallest absolute Gasteiger partial charge is 0.262 e. The number of hydrogen-bond donors (Lipinski definition) is 2. The van der Waals surface area contributed by atoms with Crippen LogP contribution in [0.3, 0.4) is 0 Å². The number of carbonyl (C=O) groups excluding carboxylic acids is 1. The molecule has 7 heteroatoms. The lowest BCUT2D eigenvalue weighted by atomic mass is 10.1. The molecule has 1 aliphatic rings. The number of amides is 1. The Labute approximate surface area is 164 Å². The molecule has 0 heterocycles. The maximum absolute atomic E-state index is 12.8. The number of halogens is 1. The van der Waals surface area contributed by atoms with Gasteiger partial charge in [-0.2, -0.15) is 0 Å². The minimum atomic E-state index is -3.84. The second-order valence-electron chi connectivity index (χ2n) is 6.58. The molecule has 0 unspecified atom stereocenters. The molecule has 0 bridgehead atoms. The van der Waals surface area contributed by atoms with Crippen molar-refractivity contribution in [3.8, 4) is 0 Å². The van der Waals surface area contributed by atoms with Crippen LogP contribution in [-0.4, -0.2) is 14.3 Å². The summed E-state index contributed by atoms with van der Waals surface area (Å²) < 4.78 is 28.1. The molecule has 0 aliphatic heterocycles. The van der Waals surface area contributed by atoms with Crippen LogP contribution in [0.25, 0.3) is 0 Å². The molecule has 1 aliphatic carbocycles. The van der Waals surface area contributed by atoms with Gasteiger partial charge < -0.3 is 5.32 Å². The van der Waals surface area contributed by atoms with Crippen molar-refractivity contribution in [2.75, 3.05) is 10.0 Å². The number of anilines is 2. The highest BCUT2D eigenvalue weighted by Crippen LogP contribution is 2.27. The normalized spacial score (nSPS) is 16.3. The van der Waals surface area contributed by atoms with E-state index < -0.39 is 10.0 Å². The van der Waals surface area contributed by atoms with Crippen molar-refractivity contribution >= 4 is 38.9 Å². The van der Waals surface area contributed by atoms with Crippen LogP contribution >= 0.6 is 11.6 Å². The molecule has 2 aromatic rings. The van der Waals surface area contributed by atoms with Crippen LogP contribution < -0.4 is 10.0 Å². The van der Waals surface area contributed by atoms with Crippen LogP contribution in [0, 0.1) is 12.8 Å². The monoisotopic (exact) mass is 404 g/mol. The van der Waals surface area contributed by atoms with Crippen LogP contribution in [0.1, 0.15) is 24.8 Å². The molecule has 27 heavy (non-hydrogen) atoms. The summed E-state index contributed by atoms with van der Waals surface area (Å²) in [6.45, 7) is 1.70. The summed E-state index contributed by atoms with van der Waals surface area (Å²) in [5.41, 5.74) is 1.33. The molecule has 3 rings (SSSR count). The Morgan fingerprint density at radius 2 is 2.00 bits per heavy atom. The van der Waals surface area contributed by atoms with Gasteiger partial charge in [-0.3, -0.25) is 9.52 Å². The average molecular weight is 405 g/mol. The first-order valence-corrected chi connectivity index (χ1v) is 10.6. The van der Waals surface area contributed by atoms with Gasteiger partial charge >= 0.3 is 0 Å². The van der Waals surface area contributed by atoms with Crippen LogP contribution in [0.15, 0.2) is 59.5 Å². The third-order valence-electron chi connectivity index (χ3n) is 4.44. The highest BCUT2D eigenvalue weighted by atomic mass is 35.5. The van der Waals surface area contributed by atoms with Crippen LogP contribution in [0.4, 0.5) is 11.4 Å². The molecule has 1 amide bonds. The number of aryl methyl sites for hydroxylation is 1. The van der Waals surface area contributed by atoms with Crippen molar-refractivity contribution in [1.82, 2.24) is 0 Å². The van der Waals surface area contributed by atoms with Crippen LogP contribution in [0.5, 0.6) is 0 Å². The Bertz CT molecular complexity index is 986. The molecule has 0 saturated carbocycles. The van der Waals surface area contributed by atoms with E-state index in [1.165, 1.54) is 6.07 Å². The summed E-state index contributed by atoms with van der Waals surface area (Å²) in [6, 6.07) is 11.5. The summed E-state index contributed by atoms with van der Waals surface area (Å²) >= 11 is 6.05. The van der Waals surface area contributed by atoms with E-state index in [-0.39, 0.29) is 16.7 Å². The van der Waals surface area contributed by atoms with E-state index in [2.05, 4.69) is 22.2 Å². The predicted octanol–water partition coefficient (Wildman–Crippen LogP) is 4.74. The van der Waals surface area contributed by atoms with Gasteiger partial charge in [0.1, 0.15) is 0 Å². The van der Waals surface area contributed by atoms with Crippen LogP contribution in [0.2, 0.25) is 5.02 Å². The second kappa shape index (κ2) is 8.15. The third-order valence-corrected chi connectivity index (χ3v) is 6.28. The quantitative estimate of drug-likeness (QED) is 0.682. The van der Waals surface area contributed by atoms with Gasteiger partial charge in [0, 0.05) is 12.1 Å². The fraction of sp³-hybridized carbons (Fsp3) is 0.250. The van der Waals surface area contributed by atoms with Gasteiger partial charge in [-0.05, 0) is 55.5 Å². The van der Waals surface area contributed by atoms with Crippen molar-refractivity contribution in [1.29, 1.82) is 0 Å². The second-order valence-corrected chi connectivity index (χ2v) is 8.64. The van der Waals surface area contributed by atoms with E-state index in [4.69, 9.17) is 11.6 Å². The fourth-order valence-electron chi connectivity index (χ4n) is 3.03. The first-order valence-electron chi connectivity index (χ1n) is 8.70. The summed E-state index contributed by atoms with van der Waals surface area (Å²) in [4.78, 5) is 12.3. The van der Waals surface area contributed by atoms with E-state index in [0.29, 0.717) is 28.4 Å². The lowest BCUT2D eigenvalue weighted by Gasteiger charge is -2.14. The van der Waals surface area contributed by atoms with Crippen molar-refractivity contribution in [2.45, 2.75) is 31.1 Å². The maximum atomic E-state index is 12.8. The largest absolute Gasteiger partial charge is 0.326 e. The number of para-hydroxylation sites is 1. The number of benzene rings is 2. The SMILES string of the molecule is Cc1ccc(NC(=O)C[C@H]2C=CCC2)cc1S(=O)(=O)Nc1ccccc1Cl. The Hall–Kier alpha value is -2.31. The Morgan fingerprint density at radius 3 is 2.70 bits per heavy atom. The Morgan fingerprint density at radius 1 is 1.22 bits per heavy atom. The molecule has 1 atom stereocenters. The van der Waals surface area contributed by atoms with E-state index >= 15 is 0 Å². The highest BCUT2D eigenvalue weighted by Gasteiger charge is 2.20. The van der Waals surface area contributed by atoms with Gasteiger partial charge in [0.05, 0.1) is 15.6 Å². The highest BCUT2D eigenvalue weighted by molar-refractivity contribution is 7.92. The molecular formula is C20H21ClN2O3S. The number of allylic oxidation sites excluding steroid dienone is 2. The lowest BCUT2D eigenvalue weighted by molar-refractivity contribution is -0.116. The van der Waals surface area contributed by atoms with Crippen molar-refractivity contribution in [2.24, 2.45) is 5.92 Å². The van der Waals surface area contributed by atoms with E-state index in [9.17, 15) is 13.2 Å². The molecule has 0 spiro atoms. The number of carbonyl (C=O) groups is 1. The maximum Gasteiger partial charge on any atom is 0.262 e. The van der Waals surface area contributed by atoms with Gasteiger partial charge in [-0.15, -0.1) is 0 Å². The lowest BCUT2D eigenvalue weighted by Crippen LogP contribution is -2.17. The summed E-state index contributed by atoms with van der Waals surface area (Å²) in [5, 5.41) is 3.11. The van der Waals surface area contributed by atoms with Gasteiger partial charge in [0.15, 0.2) is 0 Å². The zero-order valence-corrected chi connectivity index (χ0v) is 16.5. The minimum Gasteiger partial charge on any atom is -0.326 e. The third kappa shape index (κ3) is 4.90. The van der Waals surface area contributed by atoms with Gasteiger partial charge in [-0.1, -0.05) is 42.0 Å². The van der Waals surface area contributed by atoms with Gasteiger partial charge in [-0.25, -0.2) is 8.42 Å². The van der Waals surface area contributed by atoms with E-state index in [1.807, 2.05) is 0 Å². The summed E-state index contributed by atoms with van der Waals surface area (Å²) in [5.74, 6) is 0.123. The Kier molecular flexibility index (Phi) is 5.87. The topological polar surface area (TPSA) is 75.3 Å². The molecule has 142 valence electrons. The summed E-state index contributed by atoms with van der Waals surface area (Å²) in [6.07, 6.45) is 6.50. The molecule has 0 fully saturated rings. The number of nitrogens with one attached hydrogen (secondary N) is 2. The minimum absolute atomic E-state index is 0.0981.